The lowest BCUT2D eigenvalue weighted by Crippen LogP contribution is -2.16. The molecule has 0 saturated carbocycles. The highest BCUT2D eigenvalue weighted by Crippen LogP contribution is 2.29. The molecule has 2 unspecified atom stereocenters. The number of imidazole rings is 1. The first-order chi connectivity index (χ1) is 11.1. The molecule has 23 heavy (non-hydrogen) atoms. The van der Waals surface area contributed by atoms with Crippen molar-refractivity contribution >= 4 is 28.6 Å². The minimum Gasteiger partial charge on any atom is -0.480 e. The Hall–Kier alpha value is -2.59. The third kappa shape index (κ3) is 3.12. The Bertz CT molecular complexity index is 864. The molecule has 0 fully saturated rings. The van der Waals surface area contributed by atoms with Crippen molar-refractivity contribution < 1.29 is 9.13 Å². The van der Waals surface area contributed by atoms with E-state index >= 15 is 0 Å². The van der Waals surface area contributed by atoms with E-state index in [4.69, 9.17) is 22.1 Å². The number of rotatable bonds is 2. The van der Waals surface area contributed by atoms with E-state index in [0.29, 0.717) is 28.6 Å². The zero-order valence-electron chi connectivity index (χ0n) is 12.2. The van der Waals surface area contributed by atoms with E-state index in [0.717, 1.165) is 0 Å². The number of allylic oxidation sites excluding steroid dienone is 3. The van der Waals surface area contributed by atoms with E-state index in [2.05, 4.69) is 31.8 Å². The van der Waals surface area contributed by atoms with Gasteiger partial charge in [-0.1, -0.05) is 30.5 Å². The van der Waals surface area contributed by atoms with Gasteiger partial charge in [-0.15, -0.1) is 0 Å². The Balaban J connectivity index is 1.68. The summed E-state index contributed by atoms with van der Waals surface area (Å²) in [4.78, 5) is 14.9. The van der Waals surface area contributed by atoms with Crippen molar-refractivity contribution in [1.82, 2.24) is 19.9 Å². The summed E-state index contributed by atoms with van der Waals surface area (Å²) >= 11 is 5.93. The fraction of sp³-hybridized carbons (Fsp3) is 0.267. The summed E-state index contributed by atoms with van der Waals surface area (Å²) in [6.45, 7) is 1.80. The number of nitrogen functional groups attached to an aromatic ring is 1. The Morgan fingerprint density at radius 3 is 3.09 bits per heavy atom. The van der Waals surface area contributed by atoms with Crippen LogP contribution in [-0.4, -0.2) is 32.7 Å². The van der Waals surface area contributed by atoms with Crippen molar-refractivity contribution in [2.24, 2.45) is 5.92 Å². The van der Waals surface area contributed by atoms with Crippen LogP contribution in [0.2, 0.25) is 0 Å². The molecule has 1 aliphatic carbocycles. The maximum Gasteiger partial charge on any atom is 0.185 e. The minimum atomic E-state index is -1.25. The van der Waals surface area contributed by atoms with Gasteiger partial charge in [-0.25, -0.2) is 19.3 Å². The largest absolute Gasteiger partial charge is 0.480 e. The van der Waals surface area contributed by atoms with Crippen molar-refractivity contribution in [2.75, 3.05) is 12.3 Å². The zero-order valence-corrected chi connectivity index (χ0v) is 12.9. The normalized spacial score (nSPS) is 20.5. The lowest BCUT2D eigenvalue weighted by molar-refractivity contribution is 0.243. The molecule has 2 atom stereocenters. The molecule has 0 aliphatic heterocycles. The van der Waals surface area contributed by atoms with Gasteiger partial charge in [0.15, 0.2) is 17.3 Å². The number of aromatic nitrogens is 4. The van der Waals surface area contributed by atoms with Gasteiger partial charge in [-0.3, -0.25) is 0 Å². The maximum absolute atomic E-state index is 13.8. The lowest BCUT2D eigenvalue weighted by Gasteiger charge is -2.19. The number of hydrogen-bond acceptors (Lipinski definition) is 5. The number of nitrogens with zero attached hydrogens (tertiary/aromatic N) is 3. The summed E-state index contributed by atoms with van der Waals surface area (Å²) in [5, 5.41) is 0.0635. The molecule has 8 heteroatoms. The highest BCUT2D eigenvalue weighted by Gasteiger charge is 2.24. The van der Waals surface area contributed by atoms with Gasteiger partial charge in [0.1, 0.15) is 30.4 Å². The summed E-state index contributed by atoms with van der Waals surface area (Å²) in [5.74, 6) is 6.30. The average molecular weight is 334 g/mol. The molecule has 0 amide bonds. The van der Waals surface area contributed by atoms with E-state index in [9.17, 15) is 4.39 Å². The Labute approximate surface area is 136 Å². The number of nitrogens with one attached hydrogen (secondary N) is 1. The average Bonchev–Trinajstić information content (AvgIpc) is 2.95. The lowest BCUT2D eigenvalue weighted by atomic mass is 10.0. The van der Waals surface area contributed by atoms with Crippen LogP contribution in [0.15, 0.2) is 29.3 Å². The summed E-state index contributed by atoms with van der Waals surface area (Å²) in [6, 6.07) is 0. The summed E-state index contributed by atoms with van der Waals surface area (Å²) < 4.78 is 19.1. The summed E-state index contributed by atoms with van der Waals surface area (Å²) in [6.07, 6.45) is 3.45. The van der Waals surface area contributed by atoms with E-state index in [1.807, 2.05) is 0 Å². The Kier molecular flexibility index (Phi) is 4.17. The molecule has 2 aromatic heterocycles. The molecule has 3 rings (SSSR count). The van der Waals surface area contributed by atoms with Crippen molar-refractivity contribution in [2.45, 2.75) is 13.1 Å². The van der Waals surface area contributed by atoms with Crippen LogP contribution in [0.25, 0.3) is 11.2 Å². The maximum atomic E-state index is 13.8. The highest BCUT2D eigenvalue weighted by atomic mass is 35.5. The Morgan fingerprint density at radius 2 is 2.30 bits per heavy atom. The molecule has 0 saturated heterocycles. The molecule has 2 heterocycles. The van der Waals surface area contributed by atoms with Gasteiger partial charge in [-0.05, 0) is 12.0 Å². The van der Waals surface area contributed by atoms with Crippen molar-refractivity contribution in [3.63, 3.8) is 0 Å². The zero-order chi connectivity index (χ0) is 16.4. The first kappa shape index (κ1) is 15.3. The first-order valence-electron chi connectivity index (χ1n) is 6.86. The van der Waals surface area contributed by atoms with Gasteiger partial charge in [0, 0.05) is 5.92 Å². The second kappa shape index (κ2) is 6.26. The number of aromatic amines is 1. The molecular formula is C15H13ClFN5O. The SMILES string of the molecule is CC1C=CC(OCC#Cc2nc3ncnc(N)c3[nH]2)=C(Cl)C1F. The number of nitrogens with two attached hydrogens (primary N) is 1. The topological polar surface area (TPSA) is 89.7 Å². The monoisotopic (exact) mass is 333 g/mol. The number of ether oxygens (including phenoxy) is 1. The van der Waals surface area contributed by atoms with Crippen LogP contribution in [0, 0.1) is 17.8 Å². The standard InChI is InChI=1S/C15H13ClFN5O/c1-8-4-5-9(11(16)12(8)17)23-6-2-3-10-21-13-14(18)19-7-20-15(13)22-10/h4-5,7-8,12H,6H2,1H3,(H3,18,19,20,21,22). The number of hydrogen-bond donors (Lipinski definition) is 2. The number of halogens is 2. The first-order valence-corrected chi connectivity index (χ1v) is 7.24. The summed E-state index contributed by atoms with van der Waals surface area (Å²) in [7, 11) is 0. The van der Waals surface area contributed by atoms with Gasteiger partial charge >= 0.3 is 0 Å². The van der Waals surface area contributed by atoms with Gasteiger partial charge in [0.2, 0.25) is 0 Å². The van der Waals surface area contributed by atoms with Crippen molar-refractivity contribution in [1.29, 1.82) is 0 Å². The van der Waals surface area contributed by atoms with Crippen molar-refractivity contribution in [3.8, 4) is 11.8 Å². The number of fused-ring (bicyclic) bond motifs is 1. The van der Waals surface area contributed by atoms with E-state index in [1.165, 1.54) is 6.33 Å². The van der Waals surface area contributed by atoms with Gasteiger partial charge in [0.25, 0.3) is 0 Å². The molecule has 3 N–H and O–H groups in total. The van der Waals surface area contributed by atoms with Gasteiger partial charge in [0.05, 0.1) is 5.03 Å². The smallest absolute Gasteiger partial charge is 0.185 e. The molecule has 6 nitrogen and oxygen atoms in total. The number of anilines is 1. The minimum absolute atomic E-state index is 0.0508. The quantitative estimate of drug-likeness (QED) is 0.823. The van der Waals surface area contributed by atoms with Gasteiger partial charge in [-0.2, -0.15) is 0 Å². The van der Waals surface area contributed by atoms with E-state index in [1.54, 1.807) is 19.1 Å². The van der Waals surface area contributed by atoms with E-state index < -0.39 is 6.17 Å². The molecular weight excluding hydrogens is 321 g/mol. The third-order valence-corrected chi connectivity index (χ3v) is 3.71. The number of H-pyrrole nitrogens is 1. The second-order valence-electron chi connectivity index (χ2n) is 4.97. The van der Waals surface area contributed by atoms with E-state index in [-0.39, 0.29) is 17.6 Å². The molecule has 2 aromatic rings. The molecule has 0 aromatic carbocycles. The summed E-state index contributed by atoms with van der Waals surface area (Å²) in [5.41, 5.74) is 6.68. The Morgan fingerprint density at radius 1 is 1.48 bits per heavy atom. The molecule has 118 valence electrons. The van der Waals surface area contributed by atoms with Crippen LogP contribution < -0.4 is 5.73 Å². The fourth-order valence-corrected chi connectivity index (χ4v) is 2.36. The van der Waals surface area contributed by atoms with Crippen LogP contribution >= 0.6 is 11.6 Å². The van der Waals surface area contributed by atoms with Crippen LogP contribution in [0.5, 0.6) is 0 Å². The molecule has 0 spiro atoms. The predicted octanol–water partition coefficient (Wildman–Crippen LogP) is 2.30. The van der Waals surface area contributed by atoms with Crippen LogP contribution in [0.1, 0.15) is 12.7 Å². The number of alkyl halides is 1. The van der Waals surface area contributed by atoms with Gasteiger partial charge < -0.3 is 15.5 Å². The predicted molar refractivity (Wildman–Crippen MR) is 85.0 cm³/mol. The second-order valence-corrected chi connectivity index (χ2v) is 5.37. The molecule has 1 aliphatic rings. The van der Waals surface area contributed by atoms with Crippen molar-refractivity contribution in [3.05, 3.63) is 35.1 Å². The van der Waals surface area contributed by atoms with Crippen LogP contribution in [0.4, 0.5) is 10.2 Å². The van der Waals surface area contributed by atoms with Crippen LogP contribution in [-0.2, 0) is 4.74 Å². The molecule has 0 radical (unpaired) electrons. The highest BCUT2D eigenvalue weighted by molar-refractivity contribution is 6.30. The van der Waals surface area contributed by atoms with Crippen LogP contribution in [0.3, 0.4) is 0 Å². The fourth-order valence-electron chi connectivity index (χ4n) is 2.04. The molecule has 0 bridgehead atoms. The third-order valence-electron chi connectivity index (χ3n) is 3.31.